The van der Waals surface area contributed by atoms with E-state index in [1.165, 1.54) is 277 Å². The molecule has 5 heteroatoms. The molecule has 0 aliphatic heterocycles. The van der Waals surface area contributed by atoms with E-state index in [9.17, 15) is 0 Å². The summed E-state index contributed by atoms with van der Waals surface area (Å²) in [6, 6.07) is 58.4. The van der Waals surface area contributed by atoms with Gasteiger partial charge in [-0.3, -0.25) is 0 Å². The van der Waals surface area contributed by atoms with Crippen molar-refractivity contribution in [1.29, 1.82) is 0 Å². The monoisotopic (exact) mass is 1390 g/mol. The van der Waals surface area contributed by atoms with Crippen molar-refractivity contribution in [1.82, 2.24) is 0 Å². The summed E-state index contributed by atoms with van der Waals surface area (Å²) in [7, 11) is 11.1. The Kier molecular flexibility index (Phi) is 19.8. The Balaban J connectivity index is 0.000000101. The van der Waals surface area contributed by atoms with E-state index in [1.54, 1.807) is 55.8 Å². The molecule has 0 saturated heterocycles. The predicted octanol–water partition coefficient (Wildman–Crippen LogP) is 21.1. The van der Waals surface area contributed by atoms with Gasteiger partial charge in [-0.15, -0.1) is 0 Å². The lowest BCUT2D eigenvalue weighted by Crippen LogP contribution is -2.37. The Bertz CT molecular complexity index is 4820. The average Bonchev–Trinajstić information content (AvgIpc) is 1.64. The molecular weight excluding hydrogens is 1270 g/mol. The van der Waals surface area contributed by atoms with E-state index in [0.29, 0.717) is 27.1 Å². The number of hydrogen-bond donors (Lipinski definition) is 0. The van der Waals surface area contributed by atoms with E-state index >= 15 is 0 Å². The lowest BCUT2D eigenvalue weighted by atomic mass is 9.80. The minimum absolute atomic E-state index is 0.515. The van der Waals surface area contributed by atoms with Gasteiger partial charge in [0.25, 0.3) is 0 Å². The first-order valence-electron chi connectivity index (χ1n) is 41.4. The van der Waals surface area contributed by atoms with Crippen molar-refractivity contribution in [3.63, 3.8) is 0 Å². The number of rotatable bonds is 5. The Morgan fingerprint density at radius 2 is 0.657 bits per heavy atom. The van der Waals surface area contributed by atoms with E-state index in [0.717, 1.165) is 0 Å². The van der Waals surface area contributed by atoms with Gasteiger partial charge in [-0.1, -0.05) is 155 Å². The lowest BCUT2D eigenvalue weighted by molar-refractivity contribution is -0.668. The van der Waals surface area contributed by atoms with Crippen LogP contribution >= 0.6 is 0 Å². The maximum Gasteiger partial charge on any atom is 0.216 e. The Morgan fingerprint density at radius 3 is 1.17 bits per heavy atom. The molecule has 5 saturated carbocycles. The van der Waals surface area contributed by atoms with E-state index < -0.39 is 0 Å². The van der Waals surface area contributed by atoms with Crippen molar-refractivity contribution in [3.05, 3.63) is 266 Å². The van der Waals surface area contributed by atoms with Crippen LogP contribution in [0.2, 0.25) is 0 Å². The zero-order chi connectivity index (χ0) is 72.2. The highest BCUT2D eigenvalue weighted by atomic mass is 15.0. The van der Waals surface area contributed by atoms with Crippen molar-refractivity contribution in [3.8, 4) is 56.3 Å². The van der Waals surface area contributed by atoms with Gasteiger partial charge in [0, 0.05) is 103 Å². The fourth-order valence-corrected chi connectivity index (χ4v) is 23.1. The molecule has 0 amide bonds. The van der Waals surface area contributed by atoms with Gasteiger partial charge in [-0.05, 0) is 259 Å². The molecule has 540 valence electrons. The first-order valence-corrected chi connectivity index (χ1v) is 41.4. The molecule has 10 aliphatic carbocycles. The minimum atomic E-state index is 0.515. The van der Waals surface area contributed by atoms with Crippen LogP contribution in [-0.2, 0) is 95.4 Å². The van der Waals surface area contributed by atoms with Gasteiger partial charge in [-0.25, -0.2) is 18.3 Å². The summed E-state index contributed by atoms with van der Waals surface area (Å²) in [5, 5.41) is 0. The van der Waals surface area contributed by atoms with Crippen LogP contribution < -0.4 is 22.8 Å². The van der Waals surface area contributed by atoms with E-state index in [4.69, 9.17) is 0 Å². The predicted molar refractivity (Wildman–Crippen MR) is 431 cm³/mol. The first kappa shape index (κ1) is 71.1. The molecule has 5 heterocycles. The van der Waals surface area contributed by atoms with Gasteiger partial charge in [0.1, 0.15) is 35.2 Å². The summed E-state index contributed by atoms with van der Waals surface area (Å²) in [5.74, 6) is 0. The van der Waals surface area contributed by atoms with Crippen molar-refractivity contribution >= 4 is 0 Å². The molecule has 5 aromatic heterocycles. The average molecular weight is 1390 g/mol. The van der Waals surface area contributed by atoms with Gasteiger partial charge >= 0.3 is 0 Å². The topological polar surface area (TPSA) is 19.4 Å². The van der Waals surface area contributed by atoms with Gasteiger partial charge < -0.3 is 0 Å². The quantitative estimate of drug-likeness (QED) is 0.153. The SMILES string of the molecule is Cc1ccccc1-c1c2c(cc[n+]1C)C1(CCCC1)CC2.Cc1ccccc1-c1cc2c(c[n+]1C)C1(CCCC1)CC2.Cc1ccccc1-c1cc2c(c[n+]1C)CC1(CCCC1)C2.Cc1ccccc1-c1cc2c(c[n+]1C)CCC21CCCC1.Cc1ccccc1-c1ccc2c([n+]1C)CCC21CCCC1. The third kappa shape index (κ3) is 13.3. The maximum absolute atomic E-state index is 2.51. The molecule has 10 aromatic rings. The first-order chi connectivity index (χ1) is 51.0. The Hall–Kier alpha value is -8.15. The zero-order valence-electron chi connectivity index (χ0n) is 65.8. The number of hydrogen-bond acceptors (Lipinski definition) is 0. The van der Waals surface area contributed by atoms with Crippen LogP contribution in [0, 0.1) is 40.0 Å². The van der Waals surface area contributed by atoms with Crippen LogP contribution in [0.25, 0.3) is 56.3 Å². The molecule has 10 aliphatic rings. The molecule has 0 radical (unpaired) electrons. The summed E-state index contributed by atoms with van der Waals surface area (Å²) in [6.07, 6.45) is 51.0. The molecule has 0 atom stereocenters. The molecule has 20 rings (SSSR count). The summed E-state index contributed by atoms with van der Waals surface area (Å²) >= 11 is 0. The molecule has 0 unspecified atom stereocenters. The summed E-state index contributed by atoms with van der Waals surface area (Å²) in [5.41, 5.74) is 39.6. The second-order valence-corrected chi connectivity index (χ2v) is 35.1. The highest BCUT2D eigenvalue weighted by Crippen LogP contribution is 2.55. The number of nitrogens with zero attached hydrogens (tertiary/aromatic N) is 5. The Morgan fingerprint density at radius 1 is 0.276 bits per heavy atom. The molecule has 0 N–H and O–H groups in total. The molecular formula is C100H120N5+5. The fraction of sp³-hybridized carbons (Fsp3) is 0.450. The van der Waals surface area contributed by atoms with Crippen LogP contribution in [0.15, 0.2) is 183 Å². The number of aromatic nitrogens is 5. The zero-order valence-corrected chi connectivity index (χ0v) is 65.8. The van der Waals surface area contributed by atoms with Crippen LogP contribution in [0.4, 0.5) is 0 Å². The summed E-state index contributed by atoms with van der Waals surface area (Å²) in [6.45, 7) is 11.1. The maximum atomic E-state index is 2.51. The number of fused-ring (bicyclic) bond motifs is 9. The summed E-state index contributed by atoms with van der Waals surface area (Å²) in [4.78, 5) is 0. The molecule has 5 aromatic carbocycles. The van der Waals surface area contributed by atoms with Crippen LogP contribution in [0.3, 0.4) is 0 Å². The van der Waals surface area contributed by atoms with Crippen LogP contribution in [0.5, 0.6) is 0 Å². The second-order valence-electron chi connectivity index (χ2n) is 35.1. The molecule has 5 fully saturated rings. The smallest absolute Gasteiger partial charge is 0.201 e. The van der Waals surface area contributed by atoms with Crippen molar-refractivity contribution in [2.24, 2.45) is 40.7 Å². The largest absolute Gasteiger partial charge is 0.216 e. The van der Waals surface area contributed by atoms with Gasteiger partial charge in [0.05, 0.1) is 0 Å². The normalized spacial score (nSPS) is 19.1. The lowest BCUT2D eigenvalue weighted by Gasteiger charge is -2.24. The molecule has 0 bridgehead atoms. The van der Waals surface area contributed by atoms with E-state index in [-0.39, 0.29) is 0 Å². The Labute approximate surface area is 630 Å². The van der Waals surface area contributed by atoms with Crippen LogP contribution in [-0.4, -0.2) is 0 Å². The number of pyridine rings is 5. The van der Waals surface area contributed by atoms with Crippen molar-refractivity contribution in [2.45, 2.75) is 249 Å². The molecule has 5 nitrogen and oxygen atoms in total. The van der Waals surface area contributed by atoms with Crippen molar-refractivity contribution in [2.75, 3.05) is 0 Å². The number of aryl methyl sites for hydroxylation is 11. The third-order valence-electron chi connectivity index (χ3n) is 28.9. The highest BCUT2D eigenvalue weighted by Gasteiger charge is 2.48. The van der Waals surface area contributed by atoms with Gasteiger partial charge in [-0.2, -0.15) is 4.57 Å². The van der Waals surface area contributed by atoms with Crippen LogP contribution in [0.1, 0.15) is 238 Å². The summed E-state index contributed by atoms with van der Waals surface area (Å²) < 4.78 is 11.8. The standard InChI is InChI=1S/5C20H24N/c1-15-7-3-4-8-16(15)19-17-9-13-20(11-5-6-12-20)18(17)10-14-21(19)2;1-15-7-3-4-8-16(15)18-10-9-17-19(21(18)2)11-14-20(17)12-5-6-13-20;1-15-7-3-4-8-17(15)19-13-18-16(14-21(19)2)9-12-20(18)10-5-6-11-20;1-15-7-3-4-8-17(15)19-13-16-9-12-20(10-5-6-11-20)18(16)14-21(19)2;1-15-7-3-4-8-18(15)19-11-16-12-20(9-5-6-10-20)13-17(16)14-21(19)2/h3-4,7-8,10,14H,5-6,9,11-13H2,1-2H3;3-4,7-10H,5-6,11-14H2,1-2H3;2*3-4,7-8,13-14H,5-6,9-12H2,1-2H3;3-4,7-8,11,14H,5-6,9-10,12-13H2,1-2H3/q5*+1. The minimum Gasteiger partial charge on any atom is -0.201 e. The highest BCUT2D eigenvalue weighted by molar-refractivity contribution is 5.69. The third-order valence-corrected chi connectivity index (χ3v) is 28.9. The second kappa shape index (κ2) is 29.2. The van der Waals surface area contributed by atoms with E-state index in [2.05, 4.69) is 275 Å². The van der Waals surface area contributed by atoms with E-state index in [1.807, 2.05) is 0 Å². The molecule has 105 heavy (non-hydrogen) atoms. The number of benzene rings is 5. The van der Waals surface area contributed by atoms with Crippen molar-refractivity contribution < 1.29 is 22.8 Å². The van der Waals surface area contributed by atoms with Gasteiger partial charge in [0.2, 0.25) is 28.5 Å². The molecule has 5 spiro atoms. The fourth-order valence-electron chi connectivity index (χ4n) is 23.1. The van der Waals surface area contributed by atoms with Gasteiger partial charge in [0.15, 0.2) is 30.5 Å².